The van der Waals surface area contributed by atoms with Gasteiger partial charge in [-0.3, -0.25) is 71.7 Å². The Morgan fingerprint density at radius 1 is 0.623 bits per heavy atom. The highest BCUT2D eigenvalue weighted by atomic mass is 35.5. The third-order valence-electron chi connectivity index (χ3n) is 19.3. The molecule has 4 N–H and O–H groups in total. The van der Waals surface area contributed by atoms with Crippen LogP contribution in [0.1, 0.15) is 143 Å². The van der Waals surface area contributed by atoms with Crippen LogP contribution in [0.5, 0.6) is 17.2 Å². The summed E-state index contributed by atoms with van der Waals surface area (Å²) in [5.41, 5.74) is 3.25. The first-order valence-electron chi connectivity index (χ1n) is 41.1. The number of nitrogens with one attached hydrogen (secondary N) is 3. The third kappa shape index (κ3) is 34.4. The van der Waals surface area contributed by atoms with Crippen LogP contribution in [0.3, 0.4) is 0 Å². The van der Waals surface area contributed by atoms with E-state index in [1.165, 1.54) is 30.6 Å². The van der Waals surface area contributed by atoms with E-state index in [0.29, 0.717) is 94.4 Å². The van der Waals surface area contributed by atoms with Gasteiger partial charge < -0.3 is 67.4 Å². The van der Waals surface area contributed by atoms with Crippen molar-refractivity contribution in [2.45, 2.75) is 196 Å². The Balaban J connectivity index is 0.966. The zero-order chi connectivity index (χ0) is 90.0. The van der Waals surface area contributed by atoms with Crippen molar-refractivity contribution in [3.63, 3.8) is 0 Å². The number of pyridine rings is 1. The van der Waals surface area contributed by atoms with Crippen LogP contribution in [0.25, 0.3) is 11.1 Å². The van der Waals surface area contributed by atoms with Gasteiger partial charge in [0.2, 0.25) is 17.7 Å². The number of halogens is 1. The predicted octanol–water partition coefficient (Wildman–Crippen LogP) is 8.86. The predicted molar refractivity (Wildman–Crippen MR) is 459 cm³/mol. The van der Waals surface area contributed by atoms with E-state index in [9.17, 15) is 59.3 Å². The highest BCUT2D eigenvalue weighted by Crippen LogP contribution is 2.49. The smallest absolute Gasteiger partial charge is 0.333 e. The molecule has 35 nitrogen and oxygen atoms in total. The van der Waals surface area contributed by atoms with Gasteiger partial charge in [0.1, 0.15) is 77.7 Å². The molecule has 2 aromatic heterocycles. The van der Waals surface area contributed by atoms with Crippen LogP contribution < -0.4 is 30.2 Å². The molecule has 3 atom stereocenters. The monoisotopic (exact) mass is 1810 g/mol. The van der Waals surface area contributed by atoms with E-state index < -0.39 is 118 Å². The number of ether oxygens (including phenoxy) is 6. The fraction of sp³-hybridized carbons (Fsp3) is 0.622. The molecule has 680 valence electrons. The van der Waals surface area contributed by atoms with Crippen LogP contribution in [0.15, 0.2) is 78.1 Å². The molecule has 0 spiro atoms. The number of hydrogen-bond donors (Lipinski definition) is 4. The van der Waals surface area contributed by atoms with E-state index in [2.05, 4.69) is 36.1 Å². The Kier molecular flexibility index (Phi) is 38.8. The molecule has 3 amide bonds. The van der Waals surface area contributed by atoms with Gasteiger partial charge in [0.05, 0.1) is 73.7 Å². The number of carbonyl (C=O) groups excluding carboxylic acids is 6. The van der Waals surface area contributed by atoms with E-state index >= 15 is 0 Å². The summed E-state index contributed by atoms with van der Waals surface area (Å²) >= 11 is 6.94. The Morgan fingerprint density at radius 2 is 1.18 bits per heavy atom. The Morgan fingerprint density at radius 3 is 1.76 bits per heavy atom. The van der Waals surface area contributed by atoms with Crippen molar-refractivity contribution in [1.29, 1.82) is 0 Å². The number of aryl methyl sites for hydroxylation is 1. The minimum Gasteiger partial charge on any atom is -0.488 e. The van der Waals surface area contributed by atoms with Crippen LogP contribution >= 0.6 is 26.8 Å². The molecule has 40 heteroatoms. The molecule has 122 heavy (non-hydrogen) atoms. The van der Waals surface area contributed by atoms with Crippen molar-refractivity contribution in [1.82, 2.24) is 60.4 Å². The maximum Gasteiger partial charge on any atom is 0.333 e. The number of amides is 3. The van der Waals surface area contributed by atoms with Crippen molar-refractivity contribution < 1.29 is 106 Å². The van der Waals surface area contributed by atoms with E-state index in [4.69, 9.17) is 58.1 Å². The summed E-state index contributed by atoms with van der Waals surface area (Å²) in [4.78, 5) is 97.0. The zero-order valence-electron chi connectivity index (χ0n) is 73.2. The van der Waals surface area contributed by atoms with Gasteiger partial charge in [-0.1, -0.05) is 47.1 Å². The minimum atomic E-state index is -4.74. The molecule has 0 bridgehead atoms. The van der Waals surface area contributed by atoms with Crippen LogP contribution in [-0.4, -0.2) is 279 Å². The van der Waals surface area contributed by atoms with E-state index in [1.807, 2.05) is 71.1 Å². The second-order valence-electron chi connectivity index (χ2n) is 32.8. The summed E-state index contributed by atoms with van der Waals surface area (Å²) < 4.78 is 147. The number of benzene rings is 3. The fourth-order valence-corrected chi connectivity index (χ4v) is 18.4. The van der Waals surface area contributed by atoms with E-state index in [1.54, 1.807) is 99.6 Å². The van der Waals surface area contributed by atoms with Gasteiger partial charge in [-0.05, 0) is 163 Å². The lowest BCUT2D eigenvalue weighted by Gasteiger charge is -2.37. The summed E-state index contributed by atoms with van der Waals surface area (Å²) in [7, 11) is -15.9. The molecular formula is C82H125ClN12O23P2S2. The van der Waals surface area contributed by atoms with Crippen LogP contribution in [-0.2, 0) is 123 Å². The number of nitrogens with zero attached hydrogens (tertiary/aromatic N) is 9. The summed E-state index contributed by atoms with van der Waals surface area (Å²) in [6.07, 6.45) is 5.26. The van der Waals surface area contributed by atoms with Crippen LogP contribution in [0, 0.1) is 13.8 Å². The number of hydrogen-bond acceptors (Lipinski definition) is 30. The first kappa shape index (κ1) is 102. The van der Waals surface area contributed by atoms with Gasteiger partial charge in [0, 0.05) is 134 Å². The first-order chi connectivity index (χ1) is 57.3. The largest absolute Gasteiger partial charge is 0.488 e. The van der Waals surface area contributed by atoms with Crippen molar-refractivity contribution >= 4 is 82.4 Å². The molecule has 7 rings (SSSR count). The second kappa shape index (κ2) is 46.6. The third-order valence-corrected chi connectivity index (χ3v) is 25.6. The summed E-state index contributed by atoms with van der Waals surface area (Å²) in [6, 6.07) is 12.1. The molecule has 2 aliphatic heterocycles. The highest BCUT2D eigenvalue weighted by Gasteiger charge is 2.39. The van der Waals surface area contributed by atoms with Crippen molar-refractivity contribution in [3.8, 4) is 28.4 Å². The van der Waals surface area contributed by atoms with Crippen LogP contribution in [0.4, 0.5) is 0 Å². The lowest BCUT2D eigenvalue weighted by Crippen LogP contribution is -2.56. The first-order valence-corrected chi connectivity index (χ1v) is 48.4. The number of sulfone groups is 1. The summed E-state index contributed by atoms with van der Waals surface area (Å²) in [5.74, 6) is -3.44. The second-order valence-corrected chi connectivity index (χ2v) is 41.0. The molecule has 3 aromatic carbocycles. The van der Waals surface area contributed by atoms with Gasteiger partial charge in [-0.15, -0.1) is 5.10 Å². The number of aromatic nitrogens is 4. The summed E-state index contributed by atoms with van der Waals surface area (Å²) in [5, 5.41) is 17.2. The summed E-state index contributed by atoms with van der Waals surface area (Å²) in [6.45, 7) is 30.9. The van der Waals surface area contributed by atoms with E-state index in [0.717, 1.165) is 34.1 Å². The lowest BCUT2D eigenvalue weighted by atomic mass is 9.93. The Hall–Kier alpha value is -7.58. The molecule has 2 aliphatic rings. The zero-order valence-corrected chi connectivity index (χ0v) is 77.4. The molecule has 4 heterocycles. The quantitative estimate of drug-likeness (QED) is 0.0122. The highest BCUT2D eigenvalue weighted by molar-refractivity contribution is 7.90. The molecule has 0 aliphatic carbocycles. The van der Waals surface area contributed by atoms with Gasteiger partial charge in [0.15, 0.2) is 9.84 Å². The molecule has 5 aromatic rings. The molecule has 2 fully saturated rings. The minimum absolute atomic E-state index is 0.0197. The van der Waals surface area contributed by atoms with Gasteiger partial charge in [0.25, 0.3) is 10.1 Å². The number of rotatable bonds is 45. The van der Waals surface area contributed by atoms with E-state index in [-0.39, 0.29) is 126 Å². The maximum atomic E-state index is 14.7. The van der Waals surface area contributed by atoms with Crippen LogP contribution in [0.2, 0.25) is 5.02 Å². The van der Waals surface area contributed by atoms with Gasteiger partial charge in [-0.2, -0.15) is 8.42 Å². The van der Waals surface area contributed by atoms with Crippen molar-refractivity contribution in [3.05, 3.63) is 112 Å². The van der Waals surface area contributed by atoms with Crippen molar-refractivity contribution in [2.24, 2.45) is 0 Å². The average Bonchev–Trinajstić information content (AvgIpc) is 0.810. The normalized spacial score (nSPS) is 15.6. The van der Waals surface area contributed by atoms with Crippen molar-refractivity contribution in [2.75, 3.05) is 142 Å². The Labute approximate surface area is 723 Å². The molecule has 0 saturated carbocycles. The standard InChI is InChI=1S/C82H125ClN12O23P2S2/c1-17-112-119(102,113-18-2)43-30-85-77(99)69(57-122(106,107)108)86-48-62-45-67(83)73(46-72(62)109-53-60-44-64(49-84-47-60)121(16,104)105)110-54-61-24-21-25-65(58(61)5)66-26-22-27-71(59(66)6)111-55-63-50-95(89-88-63)32-23-31-90-35-41-94(42-36-90)78(100)68(56-120(103,114-19-3)115-20-4)87-74(96)29-28-70(79(101)118-82(13,14)15)93-39-37-91(51-75(97)116-80(7,8)9)33-34-92(38-40-93)52-76(98)117-81(10,11)12/h21-22,24-27,44-47,49-50,68-70,86H,17-20,23,28-43,48,51-57H2,1-16H3,(H,85,99)(H,87,96)(H,106,107,108)/t68-,69-,70+/m0/s1. The topological polar surface area (TPSA) is 413 Å². The van der Waals surface area contributed by atoms with Gasteiger partial charge >= 0.3 is 33.1 Å². The molecule has 0 radical (unpaired) electrons. The SMILES string of the molecule is CCOP(=O)(CCNC(=O)[C@H](CS(=O)(=O)O)NCc1cc(Cl)c(OCc2cccc(-c3cccc(OCc4cn(CCCN5CCN(C(=O)[C@H](CP(=O)(OCC)OCC)NC(=O)CC[C@H](C(=O)OC(C)(C)C)N6CCN(CC(=O)OC(C)(C)C)CCN(CC(=O)OC(C)(C)C)CC6)CC5)nn4)c3C)c2C)cc1OCc1cncc(S(C)(=O)=O)c1)OCC. The average molecular weight is 1810 g/mol. The number of carbonyl (C=O) groups is 6. The number of esters is 3. The fourth-order valence-electron chi connectivity index (χ4n) is 13.6. The lowest BCUT2D eigenvalue weighted by molar-refractivity contribution is -0.163. The Bertz CT molecular complexity index is 4610. The molecule has 2 saturated heterocycles. The molecular weight excluding hydrogens is 1680 g/mol. The molecule has 0 unspecified atom stereocenters. The number of piperazine rings is 1. The van der Waals surface area contributed by atoms with Gasteiger partial charge in [-0.25, -0.2) is 8.42 Å². The maximum absolute atomic E-state index is 14.7.